The number of carbonyl (C=O) groups is 1. The second kappa shape index (κ2) is 6.14. The number of aromatic nitrogens is 5. The molecule has 0 atom stereocenters. The summed E-state index contributed by atoms with van der Waals surface area (Å²) in [6, 6.07) is 0. The van der Waals surface area contributed by atoms with Crippen LogP contribution in [0.5, 0.6) is 0 Å². The first-order valence-electron chi connectivity index (χ1n) is 7.84. The first-order valence-corrected chi connectivity index (χ1v) is 7.84. The van der Waals surface area contributed by atoms with Crippen LogP contribution >= 0.6 is 0 Å². The van der Waals surface area contributed by atoms with Gasteiger partial charge in [0, 0.05) is 18.7 Å². The average Bonchev–Trinajstić information content (AvgIpc) is 2.99. The lowest BCUT2D eigenvalue weighted by Gasteiger charge is -2.21. The van der Waals surface area contributed by atoms with E-state index in [-0.39, 0.29) is 11.4 Å². The monoisotopic (exact) mass is 318 g/mol. The van der Waals surface area contributed by atoms with E-state index in [9.17, 15) is 4.79 Å². The summed E-state index contributed by atoms with van der Waals surface area (Å²) in [4.78, 5) is 12.4. The Bertz CT molecular complexity index is 705. The van der Waals surface area contributed by atoms with Crippen molar-refractivity contribution in [2.45, 2.75) is 59.5 Å². The molecule has 2 heterocycles. The third-order valence-corrected chi connectivity index (χ3v) is 3.81. The smallest absolute Gasteiger partial charge is 0.255 e. The van der Waals surface area contributed by atoms with E-state index in [1.54, 1.807) is 6.20 Å². The van der Waals surface area contributed by atoms with Crippen LogP contribution in [0.25, 0.3) is 0 Å². The van der Waals surface area contributed by atoms with Crippen LogP contribution < -0.4 is 5.32 Å². The highest BCUT2D eigenvalue weighted by atomic mass is 16.1. The highest BCUT2D eigenvalue weighted by Gasteiger charge is 2.21. The van der Waals surface area contributed by atoms with Crippen molar-refractivity contribution in [1.29, 1.82) is 0 Å². The van der Waals surface area contributed by atoms with Gasteiger partial charge in [-0.3, -0.25) is 9.48 Å². The standard InChI is InChI=1S/C16H26N6O/c1-10(2)14-20-19-13(21(14)7)9-17-15(23)12-8-18-22(11(12)3)16(4,5)6/h8,10H,9H2,1-7H3,(H,17,23). The van der Waals surface area contributed by atoms with E-state index in [2.05, 4.69) is 55.2 Å². The van der Waals surface area contributed by atoms with Gasteiger partial charge in [0.15, 0.2) is 5.82 Å². The largest absolute Gasteiger partial charge is 0.345 e. The molecule has 0 aliphatic heterocycles. The van der Waals surface area contributed by atoms with Crippen LogP contribution in [-0.2, 0) is 19.1 Å². The van der Waals surface area contributed by atoms with Gasteiger partial charge in [-0.15, -0.1) is 10.2 Å². The van der Waals surface area contributed by atoms with Crippen molar-refractivity contribution in [1.82, 2.24) is 29.9 Å². The summed E-state index contributed by atoms with van der Waals surface area (Å²) in [6.07, 6.45) is 1.62. The minimum Gasteiger partial charge on any atom is -0.345 e. The Labute approximate surface area is 137 Å². The summed E-state index contributed by atoms with van der Waals surface area (Å²) >= 11 is 0. The van der Waals surface area contributed by atoms with Crippen molar-refractivity contribution in [2.75, 3.05) is 0 Å². The summed E-state index contributed by atoms with van der Waals surface area (Å²) in [6.45, 7) is 12.6. The summed E-state index contributed by atoms with van der Waals surface area (Å²) in [7, 11) is 1.92. The molecule has 0 saturated carbocycles. The predicted octanol–water partition coefficient (Wildman–Crippen LogP) is 2.13. The number of amides is 1. The SMILES string of the molecule is Cc1c(C(=O)NCc2nnc(C(C)C)n2C)cnn1C(C)(C)C. The molecule has 0 bridgehead atoms. The molecular formula is C16H26N6O. The zero-order valence-electron chi connectivity index (χ0n) is 15.0. The zero-order valence-corrected chi connectivity index (χ0v) is 15.0. The van der Waals surface area contributed by atoms with Crippen LogP contribution in [0.4, 0.5) is 0 Å². The van der Waals surface area contributed by atoms with Crippen molar-refractivity contribution in [3.8, 4) is 0 Å². The molecular weight excluding hydrogens is 292 g/mol. The Hall–Kier alpha value is -2.18. The molecule has 0 aromatic carbocycles. The van der Waals surface area contributed by atoms with Gasteiger partial charge in [-0.05, 0) is 27.7 Å². The number of nitrogens with one attached hydrogen (secondary N) is 1. The lowest BCUT2D eigenvalue weighted by atomic mass is 10.1. The fraction of sp³-hybridized carbons (Fsp3) is 0.625. The highest BCUT2D eigenvalue weighted by molar-refractivity contribution is 5.94. The average molecular weight is 318 g/mol. The first kappa shape index (κ1) is 17.2. The molecule has 0 spiro atoms. The fourth-order valence-corrected chi connectivity index (χ4v) is 2.60. The zero-order chi connectivity index (χ0) is 17.4. The molecule has 1 N–H and O–H groups in total. The van der Waals surface area contributed by atoms with E-state index in [1.165, 1.54) is 0 Å². The van der Waals surface area contributed by atoms with Crippen molar-refractivity contribution in [2.24, 2.45) is 7.05 Å². The maximum atomic E-state index is 12.4. The van der Waals surface area contributed by atoms with Gasteiger partial charge in [-0.1, -0.05) is 13.8 Å². The first-order chi connectivity index (χ1) is 10.6. The van der Waals surface area contributed by atoms with Crippen LogP contribution in [0, 0.1) is 6.92 Å². The van der Waals surface area contributed by atoms with E-state index in [0.717, 1.165) is 17.3 Å². The van der Waals surface area contributed by atoms with Gasteiger partial charge in [0.2, 0.25) is 0 Å². The molecule has 7 nitrogen and oxygen atoms in total. The topological polar surface area (TPSA) is 77.6 Å². The maximum absolute atomic E-state index is 12.4. The van der Waals surface area contributed by atoms with E-state index >= 15 is 0 Å². The van der Waals surface area contributed by atoms with Crippen LogP contribution in [0.3, 0.4) is 0 Å². The Morgan fingerprint density at radius 2 is 1.96 bits per heavy atom. The molecule has 2 aromatic heterocycles. The molecule has 7 heteroatoms. The number of rotatable bonds is 4. The molecule has 2 rings (SSSR count). The summed E-state index contributed by atoms with van der Waals surface area (Å²) in [5, 5.41) is 15.5. The van der Waals surface area contributed by atoms with Crippen molar-refractivity contribution in [3.05, 3.63) is 29.1 Å². The lowest BCUT2D eigenvalue weighted by molar-refractivity contribution is 0.0948. The van der Waals surface area contributed by atoms with Crippen LogP contribution in [0.1, 0.15) is 68.2 Å². The normalized spacial score (nSPS) is 12.0. The second-order valence-electron chi connectivity index (χ2n) is 7.10. The van der Waals surface area contributed by atoms with Crippen molar-refractivity contribution >= 4 is 5.91 Å². The van der Waals surface area contributed by atoms with Gasteiger partial charge in [0.25, 0.3) is 5.91 Å². The number of nitrogens with zero attached hydrogens (tertiary/aromatic N) is 5. The molecule has 0 fully saturated rings. The lowest BCUT2D eigenvalue weighted by Crippen LogP contribution is -2.27. The molecule has 0 unspecified atom stereocenters. The van der Waals surface area contributed by atoms with E-state index in [0.29, 0.717) is 18.0 Å². The predicted molar refractivity (Wildman–Crippen MR) is 88.2 cm³/mol. The van der Waals surface area contributed by atoms with Gasteiger partial charge in [-0.2, -0.15) is 5.10 Å². The van der Waals surface area contributed by atoms with Gasteiger partial charge >= 0.3 is 0 Å². The third kappa shape index (κ3) is 3.43. The number of hydrogen-bond donors (Lipinski definition) is 1. The van der Waals surface area contributed by atoms with Crippen molar-refractivity contribution in [3.63, 3.8) is 0 Å². The molecule has 0 aliphatic carbocycles. The molecule has 0 saturated heterocycles. The quantitative estimate of drug-likeness (QED) is 0.937. The molecule has 2 aromatic rings. The Balaban J connectivity index is 2.11. The highest BCUT2D eigenvalue weighted by Crippen LogP contribution is 2.18. The fourth-order valence-electron chi connectivity index (χ4n) is 2.60. The van der Waals surface area contributed by atoms with Crippen LogP contribution in [-0.4, -0.2) is 30.5 Å². The van der Waals surface area contributed by atoms with Crippen molar-refractivity contribution < 1.29 is 4.79 Å². The van der Waals surface area contributed by atoms with Crippen LogP contribution in [0.2, 0.25) is 0 Å². The Morgan fingerprint density at radius 3 is 2.43 bits per heavy atom. The molecule has 126 valence electrons. The van der Waals surface area contributed by atoms with Gasteiger partial charge < -0.3 is 9.88 Å². The molecule has 1 amide bonds. The number of carbonyl (C=O) groups excluding carboxylic acids is 1. The minimum absolute atomic E-state index is 0.146. The second-order valence-corrected chi connectivity index (χ2v) is 7.10. The van der Waals surface area contributed by atoms with Crippen LogP contribution in [0.15, 0.2) is 6.20 Å². The molecule has 0 radical (unpaired) electrons. The van der Waals surface area contributed by atoms with E-state index in [1.807, 2.05) is 23.2 Å². The third-order valence-electron chi connectivity index (χ3n) is 3.81. The van der Waals surface area contributed by atoms with Gasteiger partial charge in [-0.25, -0.2) is 0 Å². The Morgan fingerprint density at radius 1 is 1.30 bits per heavy atom. The molecule has 0 aliphatic rings. The van der Waals surface area contributed by atoms with E-state index in [4.69, 9.17) is 0 Å². The summed E-state index contributed by atoms with van der Waals surface area (Å²) < 4.78 is 3.79. The molecule has 23 heavy (non-hydrogen) atoms. The Kier molecular flexibility index (Phi) is 4.58. The maximum Gasteiger partial charge on any atom is 0.255 e. The van der Waals surface area contributed by atoms with Gasteiger partial charge in [0.05, 0.1) is 23.8 Å². The number of hydrogen-bond acceptors (Lipinski definition) is 4. The van der Waals surface area contributed by atoms with E-state index < -0.39 is 0 Å². The summed E-state index contributed by atoms with van der Waals surface area (Å²) in [5.74, 6) is 1.80. The minimum atomic E-state index is -0.154. The summed E-state index contributed by atoms with van der Waals surface area (Å²) in [5.41, 5.74) is 1.29. The van der Waals surface area contributed by atoms with Gasteiger partial charge in [0.1, 0.15) is 5.82 Å².